The molecule has 31 heavy (non-hydrogen) atoms. The molecule has 3 rings (SSSR count). The standard InChI is InChI=1S/C27H34N2O2/c1-5-16-28-24(30)27(14-17-29(18-15-27)25(31)26(2,3)4)20-21-10-9-13-23(19-21)22-11-7-6-8-12-22/h5-13,19H,1,14-18,20H2,2-4H3,(H,28,30). The van der Waals surface area contributed by atoms with Crippen molar-refractivity contribution in [3.05, 3.63) is 72.8 Å². The van der Waals surface area contributed by atoms with Crippen LogP contribution < -0.4 is 5.32 Å². The van der Waals surface area contributed by atoms with Crippen molar-refractivity contribution >= 4 is 11.8 Å². The van der Waals surface area contributed by atoms with Gasteiger partial charge in [0.05, 0.1) is 5.41 Å². The lowest BCUT2D eigenvalue weighted by Gasteiger charge is -2.42. The highest BCUT2D eigenvalue weighted by atomic mass is 16.2. The van der Waals surface area contributed by atoms with Crippen LogP contribution in [0.5, 0.6) is 0 Å². The maximum absolute atomic E-state index is 13.2. The summed E-state index contributed by atoms with van der Waals surface area (Å²) in [7, 11) is 0. The molecule has 4 heteroatoms. The summed E-state index contributed by atoms with van der Waals surface area (Å²) >= 11 is 0. The monoisotopic (exact) mass is 418 g/mol. The van der Waals surface area contributed by atoms with E-state index in [1.807, 2.05) is 43.9 Å². The Morgan fingerprint density at radius 2 is 1.68 bits per heavy atom. The molecule has 2 amide bonds. The maximum Gasteiger partial charge on any atom is 0.227 e. The normalized spacial score (nSPS) is 15.9. The van der Waals surface area contributed by atoms with Gasteiger partial charge in [0.1, 0.15) is 0 Å². The molecule has 0 aromatic heterocycles. The van der Waals surface area contributed by atoms with Crippen LogP contribution in [-0.4, -0.2) is 36.3 Å². The largest absolute Gasteiger partial charge is 0.352 e. The molecule has 0 atom stereocenters. The molecule has 1 aliphatic heterocycles. The number of hydrogen-bond donors (Lipinski definition) is 1. The summed E-state index contributed by atoms with van der Waals surface area (Å²) in [6, 6.07) is 18.7. The Kier molecular flexibility index (Phi) is 6.99. The number of likely N-dealkylation sites (tertiary alicyclic amines) is 1. The zero-order chi connectivity index (χ0) is 22.5. The van der Waals surface area contributed by atoms with Crippen LogP contribution in [0.15, 0.2) is 67.3 Å². The number of rotatable bonds is 6. The molecule has 0 bridgehead atoms. The summed E-state index contributed by atoms with van der Waals surface area (Å²) in [5, 5.41) is 3.02. The topological polar surface area (TPSA) is 49.4 Å². The Balaban J connectivity index is 1.83. The molecule has 1 heterocycles. The van der Waals surface area contributed by atoms with Crippen molar-refractivity contribution in [3.8, 4) is 11.1 Å². The third-order valence-corrected chi connectivity index (χ3v) is 6.11. The molecule has 0 aliphatic carbocycles. The third kappa shape index (κ3) is 5.43. The van der Waals surface area contributed by atoms with E-state index in [9.17, 15) is 9.59 Å². The summed E-state index contributed by atoms with van der Waals surface area (Å²) in [4.78, 5) is 27.9. The molecule has 164 valence electrons. The first kappa shape index (κ1) is 22.8. The molecule has 1 saturated heterocycles. The summed E-state index contributed by atoms with van der Waals surface area (Å²) in [6.45, 7) is 11.2. The van der Waals surface area contributed by atoms with Gasteiger partial charge in [0.2, 0.25) is 11.8 Å². The minimum Gasteiger partial charge on any atom is -0.352 e. The van der Waals surface area contributed by atoms with Gasteiger partial charge in [0.25, 0.3) is 0 Å². The van der Waals surface area contributed by atoms with Crippen LogP contribution in [0.1, 0.15) is 39.2 Å². The van der Waals surface area contributed by atoms with E-state index in [4.69, 9.17) is 0 Å². The SMILES string of the molecule is C=CCNC(=O)C1(Cc2cccc(-c3ccccc3)c2)CCN(C(=O)C(C)(C)C)CC1. The smallest absolute Gasteiger partial charge is 0.227 e. The minimum absolute atomic E-state index is 0.0559. The van der Waals surface area contributed by atoms with Crippen LogP contribution >= 0.6 is 0 Å². The number of carbonyl (C=O) groups is 2. The number of carbonyl (C=O) groups excluding carboxylic acids is 2. The van der Waals surface area contributed by atoms with E-state index in [2.05, 4.69) is 48.3 Å². The van der Waals surface area contributed by atoms with Gasteiger partial charge < -0.3 is 10.2 Å². The van der Waals surface area contributed by atoms with Crippen molar-refractivity contribution in [2.24, 2.45) is 10.8 Å². The molecular formula is C27H34N2O2. The van der Waals surface area contributed by atoms with E-state index in [1.54, 1.807) is 6.08 Å². The summed E-state index contributed by atoms with van der Waals surface area (Å²) in [6.07, 6.45) is 3.69. The van der Waals surface area contributed by atoms with Crippen molar-refractivity contribution in [3.63, 3.8) is 0 Å². The van der Waals surface area contributed by atoms with Crippen molar-refractivity contribution in [2.45, 2.75) is 40.0 Å². The number of benzene rings is 2. The first-order valence-electron chi connectivity index (χ1n) is 11.1. The lowest BCUT2D eigenvalue weighted by molar-refractivity contribution is -0.145. The van der Waals surface area contributed by atoms with Gasteiger partial charge in [-0.25, -0.2) is 0 Å². The van der Waals surface area contributed by atoms with E-state index in [-0.39, 0.29) is 11.8 Å². The van der Waals surface area contributed by atoms with Crippen LogP contribution in [0.25, 0.3) is 11.1 Å². The predicted octanol–water partition coefficient (Wildman–Crippen LogP) is 4.85. The highest BCUT2D eigenvalue weighted by molar-refractivity contribution is 5.85. The Hall–Kier alpha value is -2.88. The fourth-order valence-electron chi connectivity index (χ4n) is 4.33. The Morgan fingerprint density at radius 3 is 2.29 bits per heavy atom. The molecule has 0 spiro atoms. The number of nitrogens with one attached hydrogen (secondary N) is 1. The van der Waals surface area contributed by atoms with Crippen molar-refractivity contribution < 1.29 is 9.59 Å². The highest BCUT2D eigenvalue weighted by Gasteiger charge is 2.43. The first-order chi connectivity index (χ1) is 14.7. The minimum atomic E-state index is -0.521. The first-order valence-corrected chi connectivity index (χ1v) is 11.1. The van der Waals surface area contributed by atoms with Gasteiger partial charge in [-0.3, -0.25) is 9.59 Å². The summed E-state index contributed by atoms with van der Waals surface area (Å²) in [5.74, 6) is 0.207. The van der Waals surface area contributed by atoms with Gasteiger partial charge in [-0.1, -0.05) is 81.4 Å². The Morgan fingerprint density at radius 1 is 1.03 bits per heavy atom. The maximum atomic E-state index is 13.2. The van der Waals surface area contributed by atoms with Gasteiger partial charge in [0.15, 0.2) is 0 Å². The molecule has 4 nitrogen and oxygen atoms in total. The van der Waals surface area contributed by atoms with E-state index < -0.39 is 10.8 Å². The van der Waals surface area contributed by atoms with Gasteiger partial charge in [-0.2, -0.15) is 0 Å². The van der Waals surface area contributed by atoms with Crippen molar-refractivity contribution in [1.82, 2.24) is 10.2 Å². The molecule has 1 N–H and O–H groups in total. The third-order valence-electron chi connectivity index (χ3n) is 6.11. The quantitative estimate of drug-likeness (QED) is 0.682. The fourth-order valence-corrected chi connectivity index (χ4v) is 4.33. The molecule has 0 saturated carbocycles. The Bertz CT molecular complexity index is 920. The van der Waals surface area contributed by atoms with Gasteiger partial charge in [-0.15, -0.1) is 6.58 Å². The second kappa shape index (κ2) is 9.51. The molecule has 2 aromatic carbocycles. The fraction of sp³-hybridized carbons (Fsp3) is 0.407. The zero-order valence-electron chi connectivity index (χ0n) is 19.0. The van der Waals surface area contributed by atoms with Gasteiger partial charge >= 0.3 is 0 Å². The van der Waals surface area contributed by atoms with Crippen LogP contribution in [0.2, 0.25) is 0 Å². The lowest BCUT2D eigenvalue weighted by atomic mass is 9.72. The number of hydrogen-bond acceptors (Lipinski definition) is 2. The molecule has 1 fully saturated rings. The number of piperidine rings is 1. The molecule has 2 aromatic rings. The van der Waals surface area contributed by atoms with Crippen LogP contribution in [0.3, 0.4) is 0 Å². The highest BCUT2D eigenvalue weighted by Crippen LogP contribution is 2.37. The molecule has 1 aliphatic rings. The van der Waals surface area contributed by atoms with Crippen LogP contribution in [-0.2, 0) is 16.0 Å². The second-order valence-corrected chi connectivity index (χ2v) is 9.56. The van der Waals surface area contributed by atoms with Crippen molar-refractivity contribution in [2.75, 3.05) is 19.6 Å². The van der Waals surface area contributed by atoms with Gasteiger partial charge in [-0.05, 0) is 36.0 Å². The van der Waals surface area contributed by atoms with E-state index >= 15 is 0 Å². The van der Waals surface area contributed by atoms with Crippen LogP contribution in [0.4, 0.5) is 0 Å². The molecular weight excluding hydrogens is 384 g/mol. The van der Waals surface area contributed by atoms with Crippen molar-refractivity contribution in [1.29, 1.82) is 0 Å². The number of nitrogens with zero attached hydrogens (tertiary/aromatic N) is 1. The molecule has 0 radical (unpaired) electrons. The lowest BCUT2D eigenvalue weighted by Crippen LogP contribution is -2.53. The molecule has 0 unspecified atom stereocenters. The van der Waals surface area contributed by atoms with E-state index in [0.29, 0.717) is 38.9 Å². The predicted molar refractivity (Wildman–Crippen MR) is 126 cm³/mol. The number of amides is 2. The summed E-state index contributed by atoms with van der Waals surface area (Å²) in [5.41, 5.74) is 2.54. The van der Waals surface area contributed by atoms with E-state index in [1.165, 1.54) is 5.56 Å². The Labute approximate surface area is 186 Å². The average Bonchev–Trinajstić information content (AvgIpc) is 2.77. The average molecular weight is 419 g/mol. The second-order valence-electron chi connectivity index (χ2n) is 9.56. The zero-order valence-corrected chi connectivity index (χ0v) is 19.0. The van der Waals surface area contributed by atoms with Crippen LogP contribution in [0, 0.1) is 10.8 Å². The van der Waals surface area contributed by atoms with Gasteiger partial charge in [0, 0.05) is 25.0 Å². The van der Waals surface area contributed by atoms with E-state index in [0.717, 1.165) is 11.1 Å². The summed E-state index contributed by atoms with van der Waals surface area (Å²) < 4.78 is 0.